The first-order valence-corrected chi connectivity index (χ1v) is 17.5. The van der Waals surface area contributed by atoms with E-state index < -0.39 is 26.4 Å². The average Bonchev–Trinajstić information content (AvgIpc) is 3.66. The zero-order valence-corrected chi connectivity index (χ0v) is 27.0. The summed E-state index contributed by atoms with van der Waals surface area (Å²) in [6, 6.07) is 2.18. The van der Waals surface area contributed by atoms with E-state index in [1.54, 1.807) is 7.05 Å². The van der Waals surface area contributed by atoms with Gasteiger partial charge in [0.1, 0.15) is 6.07 Å². The summed E-state index contributed by atoms with van der Waals surface area (Å²) in [6.45, 7) is 10.7. The molecular formula is C33H46N4O4S. The van der Waals surface area contributed by atoms with Crippen LogP contribution in [0.3, 0.4) is 0 Å². The molecule has 2 N–H and O–H groups in total. The number of guanidine groups is 1. The van der Waals surface area contributed by atoms with Gasteiger partial charge in [0.2, 0.25) is 5.96 Å². The Kier molecular flexibility index (Phi) is 6.20. The standard InChI is InChI=1S/C33H46N4O4S/c1-28(2)23-8-9-30(4)24(29(23,3)17-20(19-34)26(28)39)16-22(38)25-21-18-32(11-12-32)13-15-33(21,14-10-31(25,30)5)36-27(35-6)37-42(7,40)41/h16-17,21,23,25H,8-15,18H2,1-7H3,(H2,35,36,37)/t21-,23-,25-,29-,30+,31+,33+/m0/s1. The molecule has 4 fully saturated rings. The molecule has 0 bridgehead atoms. The zero-order valence-electron chi connectivity index (χ0n) is 26.2. The van der Waals surface area contributed by atoms with Crippen molar-refractivity contribution in [2.75, 3.05) is 13.3 Å². The summed E-state index contributed by atoms with van der Waals surface area (Å²) in [6.07, 6.45) is 13.6. The fourth-order valence-corrected chi connectivity index (χ4v) is 11.3. The van der Waals surface area contributed by atoms with Crippen LogP contribution < -0.4 is 10.6 Å². The van der Waals surface area contributed by atoms with Crippen LogP contribution in [0.15, 0.2) is 27.7 Å². The molecule has 0 saturated heterocycles. The van der Waals surface area contributed by atoms with Gasteiger partial charge in [-0.2, -0.15) is 5.26 Å². The van der Waals surface area contributed by atoms with Crippen LogP contribution in [0.5, 0.6) is 0 Å². The van der Waals surface area contributed by atoms with Gasteiger partial charge < -0.3 is 10.6 Å². The van der Waals surface area contributed by atoms with Gasteiger partial charge in [-0.3, -0.25) is 9.59 Å². The molecule has 6 aliphatic carbocycles. The van der Waals surface area contributed by atoms with Crippen molar-refractivity contribution in [3.05, 3.63) is 23.3 Å². The van der Waals surface area contributed by atoms with Gasteiger partial charge in [-0.25, -0.2) is 8.42 Å². The molecule has 6 rings (SSSR count). The van der Waals surface area contributed by atoms with Crippen molar-refractivity contribution in [2.45, 2.75) is 97.9 Å². The van der Waals surface area contributed by atoms with Crippen LogP contribution >= 0.6 is 0 Å². The number of hydrogen-bond acceptors (Lipinski definition) is 5. The van der Waals surface area contributed by atoms with Crippen LogP contribution in [0, 0.1) is 56.2 Å². The summed E-state index contributed by atoms with van der Waals surface area (Å²) in [5.74, 6) is 0.158. The number of sulfonamides is 1. The van der Waals surface area contributed by atoms with Gasteiger partial charge in [-0.15, -0.1) is 4.40 Å². The number of Topliss-reactive ketones (excluding diaryl/α,β-unsaturated/α-hetero) is 1. The maximum Gasteiger partial charge on any atom is 0.253 e. The number of carbonyl (C=O) groups is 2. The molecule has 0 aromatic rings. The van der Waals surface area contributed by atoms with Crippen molar-refractivity contribution < 1.29 is 18.0 Å². The van der Waals surface area contributed by atoms with Crippen LogP contribution in [0.25, 0.3) is 0 Å². The number of nitrogens with zero attached hydrogens (tertiary/aromatic N) is 2. The fourth-order valence-electron chi connectivity index (χ4n) is 10.8. The summed E-state index contributed by atoms with van der Waals surface area (Å²) < 4.78 is 28.2. The van der Waals surface area contributed by atoms with Gasteiger partial charge in [-0.05, 0) is 91.9 Å². The first kappa shape index (κ1) is 29.6. The molecule has 7 atom stereocenters. The highest BCUT2D eigenvalue weighted by molar-refractivity contribution is 7.89. The summed E-state index contributed by atoms with van der Waals surface area (Å²) in [5.41, 5.74) is -0.669. The summed E-state index contributed by atoms with van der Waals surface area (Å²) >= 11 is 0. The lowest BCUT2D eigenvalue weighted by atomic mass is 9.35. The van der Waals surface area contributed by atoms with E-state index in [9.17, 15) is 23.3 Å². The zero-order chi connectivity index (χ0) is 30.7. The van der Waals surface area contributed by atoms with E-state index in [0.29, 0.717) is 0 Å². The largest absolute Gasteiger partial charge is 0.359 e. The monoisotopic (exact) mass is 594 g/mol. The number of fused-ring (bicyclic) bond motifs is 7. The van der Waals surface area contributed by atoms with Crippen molar-refractivity contribution in [1.29, 1.82) is 5.26 Å². The molecular weight excluding hydrogens is 548 g/mol. The third kappa shape index (κ3) is 3.89. The van der Waals surface area contributed by atoms with E-state index in [-0.39, 0.29) is 57.1 Å². The molecule has 0 unspecified atom stereocenters. The van der Waals surface area contributed by atoms with E-state index >= 15 is 0 Å². The van der Waals surface area contributed by atoms with Gasteiger partial charge in [0.15, 0.2) is 11.6 Å². The predicted octanol–water partition coefficient (Wildman–Crippen LogP) is 4.84. The van der Waals surface area contributed by atoms with E-state index in [1.165, 1.54) is 12.8 Å². The van der Waals surface area contributed by atoms with Gasteiger partial charge in [0.05, 0.1) is 11.8 Å². The molecule has 228 valence electrons. The Hall–Kier alpha value is -2.47. The van der Waals surface area contributed by atoms with Gasteiger partial charge in [0.25, 0.3) is 10.0 Å². The highest BCUT2D eigenvalue weighted by Crippen LogP contribution is 2.74. The second-order valence-electron chi connectivity index (χ2n) is 15.8. The van der Waals surface area contributed by atoms with Crippen molar-refractivity contribution in [1.82, 2.24) is 10.6 Å². The lowest BCUT2D eigenvalue weighted by molar-refractivity contribution is -0.158. The van der Waals surface area contributed by atoms with Crippen molar-refractivity contribution in [3.63, 3.8) is 0 Å². The molecule has 8 nitrogen and oxygen atoms in total. The Balaban J connectivity index is 1.49. The number of allylic oxidation sites excluding steroid dienone is 4. The quantitative estimate of drug-likeness (QED) is 0.346. The summed E-state index contributed by atoms with van der Waals surface area (Å²) in [5, 5.41) is 16.5. The van der Waals surface area contributed by atoms with Crippen LogP contribution in [0.2, 0.25) is 0 Å². The Morgan fingerprint density at radius 1 is 1.02 bits per heavy atom. The molecule has 9 heteroatoms. The molecule has 0 amide bonds. The molecule has 0 radical (unpaired) electrons. The third-order valence-corrected chi connectivity index (χ3v) is 13.9. The fraction of sp³-hybridized carbons (Fsp3) is 0.758. The first-order chi connectivity index (χ1) is 19.4. The second kappa shape index (κ2) is 8.80. The first-order valence-electron chi connectivity index (χ1n) is 15.6. The van der Waals surface area contributed by atoms with Gasteiger partial charge in [0, 0.05) is 29.3 Å². The maximum atomic E-state index is 14.6. The topological polar surface area (TPSA) is 128 Å². The molecule has 1 spiro atoms. The van der Waals surface area contributed by atoms with E-state index in [1.807, 2.05) is 26.0 Å². The van der Waals surface area contributed by atoms with Crippen LogP contribution in [-0.2, 0) is 19.6 Å². The minimum Gasteiger partial charge on any atom is -0.359 e. The normalized spacial score (nSPS) is 43.5. The third-order valence-electron chi connectivity index (χ3n) is 13.4. The van der Waals surface area contributed by atoms with Gasteiger partial charge in [-0.1, -0.05) is 46.3 Å². The molecule has 0 aliphatic heterocycles. The minimum absolute atomic E-state index is 0.0148. The second-order valence-corrected chi connectivity index (χ2v) is 17.4. The Bertz CT molecular complexity index is 1510. The lowest BCUT2D eigenvalue weighted by Crippen LogP contribution is -2.70. The van der Waals surface area contributed by atoms with E-state index in [2.05, 4.69) is 41.9 Å². The molecule has 0 aromatic carbocycles. The number of rotatable bonds is 2. The number of ketones is 2. The molecule has 0 aromatic heterocycles. The molecule has 42 heavy (non-hydrogen) atoms. The summed E-state index contributed by atoms with van der Waals surface area (Å²) in [7, 11) is -1.93. The lowest BCUT2D eigenvalue weighted by Gasteiger charge is -2.69. The van der Waals surface area contributed by atoms with E-state index in [0.717, 1.165) is 56.8 Å². The molecule has 4 saturated carbocycles. The number of hydrogen-bond donors (Lipinski definition) is 2. The van der Waals surface area contributed by atoms with E-state index in [4.69, 9.17) is 0 Å². The minimum atomic E-state index is -3.61. The Morgan fingerprint density at radius 2 is 1.67 bits per heavy atom. The Morgan fingerprint density at radius 3 is 2.26 bits per heavy atom. The van der Waals surface area contributed by atoms with Crippen molar-refractivity contribution in [2.24, 2.45) is 49.2 Å². The van der Waals surface area contributed by atoms with Crippen molar-refractivity contribution in [3.8, 4) is 6.07 Å². The molecule has 6 aliphatic rings. The summed E-state index contributed by atoms with van der Waals surface area (Å²) in [4.78, 5) is 27.9. The predicted molar refractivity (Wildman–Crippen MR) is 162 cm³/mol. The number of nitrogens with one attached hydrogen (secondary N) is 2. The number of carbonyl (C=O) groups excluding carboxylic acids is 2. The Labute approximate surface area is 250 Å². The van der Waals surface area contributed by atoms with Crippen LogP contribution in [0.1, 0.15) is 92.4 Å². The smallest absolute Gasteiger partial charge is 0.253 e. The SMILES string of the molecule is CN/C(=N\S(C)(=O)=O)N[C@]12CCC3(CC3)C[C@H]1[C@H]1C(=O)C=C3[C@@]4(C)C=C(C#N)C(=O)C(C)(C)[C@@H]4CC[C@@]3(C)[C@]1(C)CC2. The van der Waals surface area contributed by atoms with Crippen molar-refractivity contribution >= 4 is 27.5 Å². The van der Waals surface area contributed by atoms with Gasteiger partial charge >= 0.3 is 0 Å². The number of nitriles is 1. The highest BCUT2D eigenvalue weighted by atomic mass is 32.2. The highest BCUT2D eigenvalue weighted by Gasteiger charge is 2.71. The average molecular weight is 595 g/mol. The molecule has 0 heterocycles. The van der Waals surface area contributed by atoms with Crippen LogP contribution in [-0.4, -0.2) is 44.8 Å². The maximum absolute atomic E-state index is 14.6. The van der Waals surface area contributed by atoms with Crippen LogP contribution in [0.4, 0.5) is 0 Å².